The standard InChI is InChI=1S/C14H11Cl3N2OS/c15-9-5-4-8(18)6-12(9)21-7-13(20)19-11-3-1-2-10(16)14(11)17/h1-6H,7,18H2,(H,19,20). The molecule has 2 aromatic carbocycles. The van der Waals surface area contributed by atoms with Crippen LogP contribution in [0, 0.1) is 0 Å². The first kappa shape index (κ1) is 16.3. The van der Waals surface area contributed by atoms with Gasteiger partial charge in [-0.1, -0.05) is 40.9 Å². The molecule has 0 aliphatic carbocycles. The first-order chi connectivity index (χ1) is 9.97. The summed E-state index contributed by atoms with van der Waals surface area (Å²) >= 11 is 19.2. The predicted octanol–water partition coefficient (Wildman–Crippen LogP) is 4.96. The van der Waals surface area contributed by atoms with Gasteiger partial charge in [-0.25, -0.2) is 0 Å². The molecular formula is C14H11Cl3N2OS. The van der Waals surface area contributed by atoms with E-state index in [2.05, 4.69) is 5.32 Å². The van der Waals surface area contributed by atoms with Gasteiger partial charge in [0.15, 0.2) is 0 Å². The highest BCUT2D eigenvalue weighted by molar-refractivity contribution is 8.00. The van der Waals surface area contributed by atoms with Crippen LogP contribution in [0.5, 0.6) is 0 Å². The summed E-state index contributed by atoms with van der Waals surface area (Å²) in [6.07, 6.45) is 0. The maximum Gasteiger partial charge on any atom is 0.234 e. The molecule has 0 radical (unpaired) electrons. The maximum atomic E-state index is 11.9. The summed E-state index contributed by atoms with van der Waals surface area (Å²) in [5.41, 5.74) is 6.77. The van der Waals surface area contributed by atoms with E-state index < -0.39 is 0 Å². The highest BCUT2D eigenvalue weighted by Crippen LogP contribution is 2.31. The molecule has 2 aromatic rings. The zero-order valence-electron chi connectivity index (χ0n) is 10.7. The Morgan fingerprint density at radius 2 is 1.90 bits per heavy atom. The number of anilines is 2. The highest BCUT2D eigenvalue weighted by Gasteiger charge is 2.10. The molecule has 0 bridgehead atoms. The molecule has 0 aliphatic rings. The van der Waals surface area contributed by atoms with Gasteiger partial charge in [0.25, 0.3) is 0 Å². The van der Waals surface area contributed by atoms with Crippen LogP contribution in [-0.2, 0) is 4.79 Å². The molecule has 0 aliphatic heterocycles. The zero-order chi connectivity index (χ0) is 15.4. The monoisotopic (exact) mass is 360 g/mol. The number of nitrogens with two attached hydrogens (primary N) is 1. The molecule has 3 N–H and O–H groups in total. The van der Waals surface area contributed by atoms with Gasteiger partial charge in [-0.15, -0.1) is 11.8 Å². The predicted molar refractivity (Wildman–Crippen MR) is 91.7 cm³/mol. The number of rotatable bonds is 4. The summed E-state index contributed by atoms with van der Waals surface area (Å²) in [5.74, 6) is -0.0193. The van der Waals surface area contributed by atoms with Gasteiger partial charge in [-0.2, -0.15) is 0 Å². The lowest BCUT2D eigenvalue weighted by molar-refractivity contribution is -0.113. The fraction of sp³-hybridized carbons (Fsp3) is 0.0714. The van der Waals surface area contributed by atoms with Gasteiger partial charge in [0.05, 0.1) is 26.5 Å². The van der Waals surface area contributed by atoms with Crippen LogP contribution >= 0.6 is 46.6 Å². The molecule has 1 amide bonds. The van der Waals surface area contributed by atoms with Gasteiger partial charge in [0.1, 0.15) is 0 Å². The third kappa shape index (κ3) is 4.45. The summed E-state index contributed by atoms with van der Waals surface area (Å²) in [7, 11) is 0. The SMILES string of the molecule is Nc1ccc(Cl)c(SCC(=O)Nc2cccc(Cl)c2Cl)c1. The number of nitrogen functional groups attached to an aromatic ring is 1. The van der Waals surface area contributed by atoms with Gasteiger partial charge in [0.2, 0.25) is 5.91 Å². The second kappa shape index (κ2) is 7.27. The number of carbonyl (C=O) groups excluding carboxylic acids is 1. The lowest BCUT2D eigenvalue weighted by Crippen LogP contribution is -2.14. The van der Waals surface area contributed by atoms with Gasteiger partial charge in [0, 0.05) is 10.6 Å². The van der Waals surface area contributed by atoms with Gasteiger partial charge in [-0.05, 0) is 30.3 Å². The van der Waals surface area contributed by atoms with Crippen molar-refractivity contribution in [1.29, 1.82) is 0 Å². The maximum absolute atomic E-state index is 11.9. The second-order valence-corrected chi connectivity index (χ2v) is 6.34. The first-order valence-electron chi connectivity index (χ1n) is 5.89. The number of thioether (sulfide) groups is 1. The Morgan fingerprint density at radius 1 is 1.14 bits per heavy atom. The van der Waals surface area contributed by atoms with Crippen molar-refractivity contribution in [1.82, 2.24) is 0 Å². The molecule has 0 fully saturated rings. The van der Waals surface area contributed by atoms with Crippen molar-refractivity contribution in [2.45, 2.75) is 4.90 Å². The van der Waals surface area contributed by atoms with Crippen molar-refractivity contribution in [2.24, 2.45) is 0 Å². The third-order valence-corrected chi connectivity index (χ3v) is 4.86. The quantitative estimate of drug-likeness (QED) is 0.598. The Morgan fingerprint density at radius 3 is 2.67 bits per heavy atom. The van der Waals surface area contributed by atoms with Crippen LogP contribution in [0.1, 0.15) is 0 Å². The van der Waals surface area contributed by atoms with Crippen LogP contribution in [0.2, 0.25) is 15.1 Å². The summed E-state index contributed by atoms with van der Waals surface area (Å²) < 4.78 is 0. The first-order valence-corrected chi connectivity index (χ1v) is 8.01. The number of nitrogens with one attached hydrogen (secondary N) is 1. The molecule has 3 nitrogen and oxygen atoms in total. The number of hydrogen-bond acceptors (Lipinski definition) is 3. The Kier molecular flexibility index (Phi) is 5.65. The summed E-state index contributed by atoms with van der Waals surface area (Å²) in [4.78, 5) is 12.7. The second-order valence-electron chi connectivity index (χ2n) is 4.13. The molecule has 7 heteroatoms. The van der Waals surface area contributed by atoms with Crippen LogP contribution in [0.15, 0.2) is 41.3 Å². The molecule has 0 atom stereocenters. The van der Waals surface area contributed by atoms with E-state index in [-0.39, 0.29) is 11.7 Å². The number of halogens is 3. The zero-order valence-corrected chi connectivity index (χ0v) is 13.8. The Balaban J connectivity index is 1.99. The van der Waals surface area contributed by atoms with Crippen molar-refractivity contribution in [3.05, 3.63) is 51.5 Å². The lowest BCUT2D eigenvalue weighted by atomic mass is 10.3. The van der Waals surface area contributed by atoms with Crippen molar-refractivity contribution in [3.63, 3.8) is 0 Å². The Labute approximate surface area is 141 Å². The topological polar surface area (TPSA) is 55.1 Å². The molecule has 110 valence electrons. The minimum Gasteiger partial charge on any atom is -0.399 e. The smallest absolute Gasteiger partial charge is 0.234 e. The number of carbonyl (C=O) groups is 1. The van der Waals surface area contributed by atoms with Crippen molar-refractivity contribution < 1.29 is 4.79 Å². The fourth-order valence-corrected chi connectivity index (χ4v) is 2.97. The van der Waals surface area contributed by atoms with Crippen molar-refractivity contribution in [3.8, 4) is 0 Å². The number of hydrogen-bond donors (Lipinski definition) is 2. The van der Waals surface area contributed by atoms with Gasteiger partial charge < -0.3 is 11.1 Å². The van der Waals surface area contributed by atoms with Crippen LogP contribution in [-0.4, -0.2) is 11.7 Å². The lowest BCUT2D eigenvalue weighted by Gasteiger charge is -2.09. The average Bonchev–Trinajstić information content (AvgIpc) is 2.45. The molecule has 2 rings (SSSR count). The van der Waals surface area contributed by atoms with E-state index in [1.165, 1.54) is 11.8 Å². The van der Waals surface area contributed by atoms with E-state index in [9.17, 15) is 4.79 Å². The van der Waals surface area contributed by atoms with E-state index in [1.54, 1.807) is 36.4 Å². The van der Waals surface area contributed by atoms with Crippen molar-refractivity contribution in [2.75, 3.05) is 16.8 Å². The molecule has 0 saturated carbocycles. The van der Waals surface area contributed by atoms with Crippen LogP contribution in [0.3, 0.4) is 0 Å². The summed E-state index contributed by atoms with van der Waals surface area (Å²) in [5, 5.41) is 3.97. The van der Waals surface area contributed by atoms with E-state index in [0.29, 0.717) is 26.4 Å². The molecule has 0 heterocycles. The van der Waals surface area contributed by atoms with Gasteiger partial charge in [-0.3, -0.25) is 4.79 Å². The summed E-state index contributed by atoms with van der Waals surface area (Å²) in [6.45, 7) is 0. The molecular weight excluding hydrogens is 351 g/mol. The van der Waals surface area contributed by atoms with Gasteiger partial charge >= 0.3 is 0 Å². The van der Waals surface area contributed by atoms with Crippen molar-refractivity contribution >= 4 is 63.8 Å². The van der Waals surface area contributed by atoms with E-state index in [1.807, 2.05) is 0 Å². The van der Waals surface area contributed by atoms with E-state index in [0.717, 1.165) is 4.90 Å². The average molecular weight is 362 g/mol. The fourth-order valence-electron chi connectivity index (χ4n) is 1.56. The van der Waals surface area contributed by atoms with E-state index >= 15 is 0 Å². The molecule has 0 spiro atoms. The normalized spacial score (nSPS) is 10.4. The Hall–Kier alpha value is -1.07. The third-order valence-electron chi connectivity index (χ3n) is 2.54. The van der Waals surface area contributed by atoms with Crippen LogP contribution in [0.25, 0.3) is 0 Å². The number of amides is 1. The van der Waals surface area contributed by atoms with Crippen LogP contribution in [0.4, 0.5) is 11.4 Å². The minimum absolute atomic E-state index is 0.187. The molecule has 21 heavy (non-hydrogen) atoms. The highest BCUT2D eigenvalue weighted by atomic mass is 35.5. The largest absolute Gasteiger partial charge is 0.399 e. The van der Waals surface area contributed by atoms with Crippen LogP contribution < -0.4 is 11.1 Å². The Bertz CT molecular complexity index is 679. The van der Waals surface area contributed by atoms with E-state index in [4.69, 9.17) is 40.5 Å². The molecule has 0 unspecified atom stereocenters. The number of benzene rings is 2. The summed E-state index contributed by atoms with van der Waals surface area (Å²) in [6, 6.07) is 10.2. The minimum atomic E-state index is -0.206. The molecule has 0 aromatic heterocycles. The molecule has 0 saturated heterocycles.